The first-order chi connectivity index (χ1) is 15.3. The summed E-state index contributed by atoms with van der Waals surface area (Å²) in [5, 5.41) is 3.83. The number of nitrogens with one attached hydrogen (secondary N) is 1. The van der Waals surface area contributed by atoms with E-state index >= 15 is 0 Å². The van der Waals surface area contributed by atoms with Gasteiger partial charge in [-0.05, 0) is 60.7 Å². The lowest BCUT2D eigenvalue weighted by atomic mass is 9.99. The van der Waals surface area contributed by atoms with Crippen LogP contribution in [-0.4, -0.2) is 22.9 Å². The fraction of sp³-hybridized carbons (Fsp3) is 0.304. The van der Waals surface area contributed by atoms with Crippen molar-refractivity contribution in [1.82, 2.24) is 9.97 Å². The number of aromatic nitrogens is 2. The number of halogens is 4. The van der Waals surface area contributed by atoms with Crippen LogP contribution in [0.3, 0.4) is 0 Å². The van der Waals surface area contributed by atoms with Gasteiger partial charge in [-0.15, -0.1) is 13.2 Å². The van der Waals surface area contributed by atoms with E-state index in [1.807, 2.05) is 18.2 Å². The summed E-state index contributed by atoms with van der Waals surface area (Å²) in [6.45, 7) is 1.16. The van der Waals surface area contributed by atoms with E-state index in [1.54, 1.807) is 18.2 Å². The molecule has 0 unspecified atom stereocenters. The molecule has 5 rings (SSSR count). The molecule has 32 heavy (non-hydrogen) atoms. The number of nitrogens with zero attached hydrogens (tertiary/aromatic N) is 3. The van der Waals surface area contributed by atoms with Gasteiger partial charge in [-0.2, -0.15) is 4.98 Å². The average Bonchev–Trinajstić information content (AvgIpc) is 3.57. The smallest absolute Gasteiger partial charge is 0.406 e. The largest absolute Gasteiger partial charge is 0.573 e. The van der Waals surface area contributed by atoms with Crippen molar-refractivity contribution in [2.75, 3.05) is 16.8 Å². The Morgan fingerprint density at radius 3 is 2.62 bits per heavy atom. The van der Waals surface area contributed by atoms with Crippen molar-refractivity contribution in [2.45, 2.75) is 38.1 Å². The molecule has 1 aliphatic carbocycles. The molecule has 0 radical (unpaired) electrons. The molecule has 0 atom stereocenters. The van der Waals surface area contributed by atoms with Crippen LogP contribution in [0.5, 0.6) is 5.75 Å². The van der Waals surface area contributed by atoms with E-state index < -0.39 is 6.36 Å². The summed E-state index contributed by atoms with van der Waals surface area (Å²) in [5.74, 6) is 1.44. The molecule has 166 valence electrons. The Kier molecular flexibility index (Phi) is 5.33. The zero-order chi connectivity index (χ0) is 22.3. The molecule has 2 heterocycles. The molecule has 1 N–H and O–H groups in total. The Balaban J connectivity index is 1.42. The summed E-state index contributed by atoms with van der Waals surface area (Å²) < 4.78 is 42.0. The second kappa shape index (κ2) is 8.16. The van der Waals surface area contributed by atoms with Gasteiger partial charge in [-0.3, -0.25) is 0 Å². The molecule has 0 amide bonds. The number of rotatable bonds is 5. The molecule has 1 fully saturated rings. The standard InChI is InChI=1S/C23H20ClF3N4O/c24-17-2-1-3-18(11-17)28-22-29-20(15-4-5-15)12-21(30-22)31-9-8-14-6-7-19(10-16(14)13-31)32-23(25,26)27/h1-3,6-7,10-12,15H,4-5,8-9,13H2,(H,28,29,30). The maximum absolute atomic E-state index is 12.6. The number of benzene rings is 2. The molecule has 2 aromatic carbocycles. The highest BCUT2D eigenvalue weighted by molar-refractivity contribution is 6.30. The molecule has 9 heteroatoms. The third-order valence-corrected chi connectivity index (χ3v) is 5.79. The van der Waals surface area contributed by atoms with Crippen LogP contribution < -0.4 is 15.0 Å². The summed E-state index contributed by atoms with van der Waals surface area (Å²) in [6, 6.07) is 13.8. The normalized spacial score (nSPS) is 15.9. The fourth-order valence-electron chi connectivity index (χ4n) is 3.88. The molecule has 3 aromatic rings. The summed E-state index contributed by atoms with van der Waals surface area (Å²) in [4.78, 5) is 11.4. The molecule has 0 spiro atoms. The first-order valence-corrected chi connectivity index (χ1v) is 10.7. The van der Waals surface area contributed by atoms with E-state index in [4.69, 9.17) is 16.6 Å². The first kappa shape index (κ1) is 20.9. The number of ether oxygens (including phenoxy) is 1. The summed E-state index contributed by atoms with van der Waals surface area (Å²) in [7, 11) is 0. The number of alkyl halides is 3. The Morgan fingerprint density at radius 2 is 1.88 bits per heavy atom. The van der Waals surface area contributed by atoms with Crippen LogP contribution in [0, 0.1) is 0 Å². The Morgan fingerprint density at radius 1 is 1.03 bits per heavy atom. The van der Waals surface area contributed by atoms with E-state index in [-0.39, 0.29) is 5.75 Å². The quantitative estimate of drug-likeness (QED) is 0.490. The van der Waals surface area contributed by atoms with Crippen LogP contribution in [0.4, 0.5) is 30.6 Å². The van der Waals surface area contributed by atoms with Crippen molar-refractivity contribution in [3.63, 3.8) is 0 Å². The summed E-state index contributed by atoms with van der Waals surface area (Å²) in [5.41, 5.74) is 3.58. The van der Waals surface area contributed by atoms with Crippen molar-refractivity contribution in [3.05, 3.63) is 70.4 Å². The second-order valence-electron chi connectivity index (χ2n) is 8.03. The van der Waals surface area contributed by atoms with Crippen molar-refractivity contribution < 1.29 is 17.9 Å². The van der Waals surface area contributed by atoms with Crippen molar-refractivity contribution in [1.29, 1.82) is 0 Å². The van der Waals surface area contributed by atoms with Gasteiger partial charge < -0.3 is 15.0 Å². The highest BCUT2D eigenvalue weighted by atomic mass is 35.5. The number of anilines is 3. The molecule has 1 aliphatic heterocycles. The van der Waals surface area contributed by atoms with Gasteiger partial charge >= 0.3 is 6.36 Å². The Hall–Kier alpha value is -3.00. The number of fused-ring (bicyclic) bond motifs is 1. The van der Waals surface area contributed by atoms with Crippen LogP contribution in [-0.2, 0) is 13.0 Å². The number of hydrogen-bond donors (Lipinski definition) is 1. The topological polar surface area (TPSA) is 50.3 Å². The van der Waals surface area contributed by atoms with Crippen LogP contribution in [0.15, 0.2) is 48.5 Å². The summed E-state index contributed by atoms with van der Waals surface area (Å²) >= 11 is 6.09. The molecular weight excluding hydrogens is 441 g/mol. The third kappa shape index (κ3) is 4.91. The molecule has 1 aromatic heterocycles. The third-order valence-electron chi connectivity index (χ3n) is 5.56. The molecule has 1 saturated carbocycles. The minimum Gasteiger partial charge on any atom is -0.406 e. The lowest BCUT2D eigenvalue weighted by Gasteiger charge is -2.30. The van der Waals surface area contributed by atoms with Gasteiger partial charge in [-0.25, -0.2) is 4.98 Å². The zero-order valence-electron chi connectivity index (χ0n) is 17.0. The van der Waals surface area contributed by atoms with E-state index in [9.17, 15) is 13.2 Å². The van der Waals surface area contributed by atoms with E-state index in [2.05, 4.69) is 19.9 Å². The molecular formula is C23H20ClF3N4O. The van der Waals surface area contributed by atoms with Crippen molar-refractivity contribution in [2.24, 2.45) is 0 Å². The monoisotopic (exact) mass is 460 g/mol. The summed E-state index contributed by atoms with van der Waals surface area (Å²) in [6.07, 6.45) is -1.82. The molecule has 0 bridgehead atoms. The Bertz CT molecular complexity index is 1150. The van der Waals surface area contributed by atoms with Gasteiger partial charge in [0.15, 0.2) is 0 Å². The van der Waals surface area contributed by atoms with Crippen LogP contribution >= 0.6 is 11.6 Å². The fourth-order valence-corrected chi connectivity index (χ4v) is 4.07. The predicted octanol–water partition coefficient (Wildman–Crippen LogP) is 6.21. The minimum absolute atomic E-state index is 0.206. The van der Waals surface area contributed by atoms with Gasteiger partial charge in [0, 0.05) is 35.8 Å². The lowest BCUT2D eigenvalue weighted by molar-refractivity contribution is -0.274. The first-order valence-electron chi connectivity index (χ1n) is 10.4. The average molecular weight is 461 g/mol. The second-order valence-corrected chi connectivity index (χ2v) is 8.47. The SMILES string of the molecule is FC(F)(F)Oc1ccc2c(c1)CN(c1cc(C3CC3)nc(Nc3cccc(Cl)c3)n1)CC2. The molecule has 2 aliphatic rings. The van der Waals surface area contributed by atoms with Gasteiger partial charge in [0.2, 0.25) is 5.95 Å². The highest BCUT2D eigenvalue weighted by Crippen LogP contribution is 2.41. The van der Waals surface area contributed by atoms with Gasteiger partial charge in [0.25, 0.3) is 0 Å². The number of hydrogen-bond acceptors (Lipinski definition) is 5. The molecule has 5 nitrogen and oxygen atoms in total. The van der Waals surface area contributed by atoms with Crippen LogP contribution in [0.2, 0.25) is 5.02 Å². The van der Waals surface area contributed by atoms with Crippen LogP contribution in [0.25, 0.3) is 0 Å². The zero-order valence-corrected chi connectivity index (χ0v) is 17.7. The van der Waals surface area contributed by atoms with Crippen molar-refractivity contribution in [3.8, 4) is 5.75 Å². The minimum atomic E-state index is -4.71. The van der Waals surface area contributed by atoms with Gasteiger partial charge in [0.05, 0.1) is 5.69 Å². The van der Waals surface area contributed by atoms with Crippen LogP contribution in [0.1, 0.15) is 35.6 Å². The van der Waals surface area contributed by atoms with Crippen molar-refractivity contribution >= 4 is 29.1 Å². The molecule has 0 saturated heterocycles. The maximum Gasteiger partial charge on any atom is 0.573 e. The van der Waals surface area contributed by atoms with Gasteiger partial charge in [0.1, 0.15) is 11.6 Å². The van der Waals surface area contributed by atoms with E-state index in [1.165, 1.54) is 12.1 Å². The van der Waals surface area contributed by atoms with E-state index in [0.717, 1.165) is 41.2 Å². The lowest BCUT2D eigenvalue weighted by Crippen LogP contribution is -2.31. The Labute approximate surface area is 188 Å². The van der Waals surface area contributed by atoms with Gasteiger partial charge in [-0.1, -0.05) is 23.7 Å². The highest BCUT2D eigenvalue weighted by Gasteiger charge is 2.32. The maximum atomic E-state index is 12.6. The predicted molar refractivity (Wildman–Crippen MR) is 117 cm³/mol. The van der Waals surface area contributed by atoms with E-state index in [0.29, 0.717) is 36.4 Å².